The van der Waals surface area contributed by atoms with Gasteiger partial charge in [-0.25, -0.2) is 10.7 Å². The van der Waals surface area contributed by atoms with E-state index in [9.17, 15) is 46.5 Å². The first kappa shape index (κ1) is 22.7. The molecule has 0 saturated heterocycles. The lowest BCUT2D eigenvalue weighted by atomic mass is 9.97. The molecule has 0 aliphatic carbocycles. The lowest BCUT2D eigenvalue weighted by molar-refractivity contribution is -0.325. The Hall–Kier alpha value is -2.59. The number of carbonyl (C=O) groups is 1. The van der Waals surface area contributed by atoms with Crippen LogP contribution in [0.25, 0.3) is 6.08 Å². The van der Waals surface area contributed by atoms with Gasteiger partial charge in [0.15, 0.2) is 0 Å². The van der Waals surface area contributed by atoms with Gasteiger partial charge in [0.2, 0.25) is 12.9 Å². The normalized spacial score (nSPS) is 17.2. The predicted octanol–water partition coefficient (Wildman–Crippen LogP) is 0.770. The fourth-order valence-corrected chi connectivity index (χ4v) is 2.31. The van der Waals surface area contributed by atoms with Gasteiger partial charge in [-0.05, 0) is 18.2 Å². The highest BCUT2D eigenvalue weighted by Gasteiger charge is 2.50. The van der Waals surface area contributed by atoms with Gasteiger partial charge in [0.1, 0.15) is 11.5 Å². The topological polar surface area (TPSA) is 141 Å². The second kappa shape index (κ2) is 7.68. The summed E-state index contributed by atoms with van der Waals surface area (Å²) in [5.74, 6) is -3.19. The molecular weight excluding hydrogens is 424 g/mol. The van der Waals surface area contributed by atoms with E-state index in [0.717, 1.165) is 0 Å². The molecule has 1 aliphatic heterocycles. The molecular formula is C14H11F6NO8. The summed E-state index contributed by atoms with van der Waals surface area (Å²) >= 11 is 0. The summed E-state index contributed by atoms with van der Waals surface area (Å²) < 4.78 is 89.7. The van der Waals surface area contributed by atoms with Crippen LogP contribution in [0.1, 0.15) is 11.1 Å². The molecule has 1 heterocycles. The third-order valence-corrected chi connectivity index (χ3v) is 3.31. The van der Waals surface area contributed by atoms with Gasteiger partial charge >= 0.3 is 24.5 Å². The first-order valence-electron chi connectivity index (χ1n) is 7.18. The van der Waals surface area contributed by atoms with Gasteiger partial charge < -0.3 is 29.5 Å². The average molecular weight is 435 g/mol. The zero-order valence-electron chi connectivity index (χ0n) is 13.7. The van der Waals surface area contributed by atoms with Gasteiger partial charge in [-0.1, -0.05) is 0 Å². The number of halogens is 6. The number of nitrogens with two attached hydrogens (primary N) is 1. The Kier molecular flexibility index (Phi) is 6.01. The van der Waals surface area contributed by atoms with Gasteiger partial charge in [-0.2, -0.15) is 13.2 Å². The molecule has 162 valence electrons. The van der Waals surface area contributed by atoms with Crippen LogP contribution < -0.4 is 15.4 Å². The number of hydrogen-bond donors (Lipinski definition) is 4. The van der Waals surface area contributed by atoms with E-state index in [1.54, 1.807) is 0 Å². The molecule has 0 aromatic heterocycles. The van der Waals surface area contributed by atoms with E-state index in [1.807, 2.05) is 0 Å². The lowest BCUT2D eigenvalue weighted by Gasteiger charge is -2.31. The number of benzene rings is 1. The summed E-state index contributed by atoms with van der Waals surface area (Å²) in [5, 5.41) is 28.0. The summed E-state index contributed by atoms with van der Waals surface area (Å²) in [6.45, 7) is -0.955. The van der Waals surface area contributed by atoms with E-state index in [4.69, 9.17) is 0 Å². The highest BCUT2D eigenvalue weighted by Crippen LogP contribution is 2.44. The largest absolute Gasteiger partial charge is 0.573 e. The Morgan fingerprint density at radius 2 is 1.76 bits per heavy atom. The van der Waals surface area contributed by atoms with Crippen LogP contribution in [0.15, 0.2) is 17.7 Å². The van der Waals surface area contributed by atoms with Gasteiger partial charge in [-0.15, -0.1) is 13.2 Å². The molecule has 1 aromatic carbocycles. The fourth-order valence-electron chi connectivity index (χ4n) is 2.31. The van der Waals surface area contributed by atoms with Crippen molar-refractivity contribution in [1.82, 2.24) is 0 Å². The Morgan fingerprint density at radius 3 is 2.24 bits per heavy atom. The number of carbonyl (C=O) groups excluding carboxylic acids is 1. The van der Waals surface area contributed by atoms with E-state index in [-0.39, 0.29) is 6.07 Å². The molecule has 1 aromatic rings. The molecule has 1 atom stereocenters. The lowest BCUT2D eigenvalue weighted by Crippen LogP contribution is -2.42. The summed E-state index contributed by atoms with van der Waals surface area (Å²) in [4.78, 5) is 15.7. The van der Waals surface area contributed by atoms with Crippen LogP contribution in [0.3, 0.4) is 0 Å². The summed E-state index contributed by atoms with van der Waals surface area (Å²) in [7, 11) is 0. The van der Waals surface area contributed by atoms with Gasteiger partial charge in [-0.3, -0.25) is 4.84 Å². The van der Waals surface area contributed by atoms with Crippen LogP contribution in [0, 0.1) is 0 Å². The van der Waals surface area contributed by atoms with Crippen molar-refractivity contribution >= 4 is 12.0 Å². The molecule has 0 spiro atoms. The minimum Gasteiger partial charge on any atom is -0.475 e. The Bertz CT molecular complexity index is 814. The monoisotopic (exact) mass is 435 g/mol. The van der Waals surface area contributed by atoms with Crippen molar-refractivity contribution in [3.05, 3.63) is 28.8 Å². The van der Waals surface area contributed by atoms with Crippen LogP contribution in [0.5, 0.6) is 11.5 Å². The Morgan fingerprint density at radius 1 is 1.14 bits per heavy atom. The molecule has 5 N–H and O–H groups in total. The molecule has 0 fully saturated rings. The maximum Gasteiger partial charge on any atom is 0.573 e. The summed E-state index contributed by atoms with van der Waals surface area (Å²) in [5.41, 5.74) is -3.22. The molecule has 1 aliphatic rings. The molecule has 29 heavy (non-hydrogen) atoms. The highest BCUT2D eigenvalue weighted by atomic mass is 19.4. The van der Waals surface area contributed by atoms with Crippen molar-refractivity contribution in [2.75, 3.05) is 6.79 Å². The van der Waals surface area contributed by atoms with Crippen molar-refractivity contribution < 1.29 is 65.5 Å². The molecule has 0 amide bonds. The number of rotatable bonds is 5. The van der Waals surface area contributed by atoms with Gasteiger partial charge in [0.05, 0.1) is 11.1 Å². The number of esters is 1. The quantitative estimate of drug-likeness (QED) is 0.228. The van der Waals surface area contributed by atoms with Crippen LogP contribution in [0.2, 0.25) is 0 Å². The molecule has 0 bridgehead atoms. The zero-order valence-corrected chi connectivity index (χ0v) is 13.7. The van der Waals surface area contributed by atoms with E-state index in [1.165, 1.54) is 0 Å². The van der Waals surface area contributed by atoms with E-state index >= 15 is 0 Å². The molecule has 2 rings (SSSR count). The Balaban J connectivity index is 2.67. The van der Waals surface area contributed by atoms with Crippen LogP contribution in [0.4, 0.5) is 26.3 Å². The fraction of sp³-hybridized carbons (Fsp3) is 0.357. The number of alkyl halides is 6. The standard InChI is InChI=1S/C14H11F6NO8/c15-12(16,17)10-7(11(22)26-4-27-21)2-5-1-6(29-14(18,19)20)3-8(9(5)28-10)13(23,24)25/h1-3,10,23-25H,4,21H2. The SMILES string of the molecule is NOCOC(=O)C1=Cc2cc(OC(F)(F)F)cc(C(O)(O)O)c2OC1C(F)(F)F. The van der Waals surface area contributed by atoms with E-state index < -0.39 is 65.6 Å². The third-order valence-electron chi connectivity index (χ3n) is 3.31. The second-order valence-corrected chi connectivity index (χ2v) is 5.43. The van der Waals surface area contributed by atoms with Crippen molar-refractivity contribution in [2.24, 2.45) is 5.90 Å². The molecule has 15 heteroatoms. The highest BCUT2D eigenvalue weighted by molar-refractivity contribution is 5.96. The third kappa shape index (κ3) is 5.48. The van der Waals surface area contributed by atoms with Crippen molar-refractivity contribution in [3.63, 3.8) is 0 Å². The number of ether oxygens (including phenoxy) is 3. The number of hydrogen-bond acceptors (Lipinski definition) is 9. The molecule has 9 nitrogen and oxygen atoms in total. The minimum atomic E-state index is -5.28. The summed E-state index contributed by atoms with van der Waals surface area (Å²) in [6.07, 6.45) is -13.2. The maximum absolute atomic E-state index is 13.3. The van der Waals surface area contributed by atoms with E-state index in [2.05, 4.69) is 24.9 Å². The maximum atomic E-state index is 13.3. The van der Waals surface area contributed by atoms with E-state index in [0.29, 0.717) is 12.1 Å². The Labute approximate surface area is 156 Å². The van der Waals surface area contributed by atoms with Gasteiger partial charge in [0, 0.05) is 5.56 Å². The first-order chi connectivity index (χ1) is 13.1. The van der Waals surface area contributed by atoms with Crippen molar-refractivity contribution in [3.8, 4) is 11.5 Å². The van der Waals surface area contributed by atoms with Crippen LogP contribution >= 0.6 is 0 Å². The molecule has 0 saturated carbocycles. The van der Waals surface area contributed by atoms with Crippen molar-refractivity contribution in [2.45, 2.75) is 24.6 Å². The molecule has 1 unspecified atom stereocenters. The average Bonchev–Trinajstić information content (AvgIpc) is 2.54. The number of fused-ring (bicyclic) bond motifs is 1. The van der Waals surface area contributed by atoms with Gasteiger partial charge in [0.25, 0.3) is 0 Å². The minimum absolute atomic E-state index is 0.194. The number of aliphatic hydroxyl groups is 3. The smallest absolute Gasteiger partial charge is 0.475 e. The predicted molar refractivity (Wildman–Crippen MR) is 76.1 cm³/mol. The van der Waals surface area contributed by atoms with Crippen LogP contribution in [-0.2, 0) is 20.3 Å². The molecule has 0 radical (unpaired) electrons. The van der Waals surface area contributed by atoms with Crippen molar-refractivity contribution in [1.29, 1.82) is 0 Å². The second-order valence-electron chi connectivity index (χ2n) is 5.43. The summed E-state index contributed by atoms with van der Waals surface area (Å²) in [6, 6.07) is 0.677. The first-order valence-corrected chi connectivity index (χ1v) is 7.18. The van der Waals surface area contributed by atoms with Crippen LogP contribution in [-0.4, -0.2) is 46.7 Å². The zero-order chi connectivity index (χ0) is 22.2.